The minimum atomic E-state index is -0.754. The van der Waals surface area contributed by atoms with Gasteiger partial charge in [-0.1, -0.05) is 20.8 Å². The number of ether oxygens (including phenoxy) is 2. The van der Waals surface area contributed by atoms with Gasteiger partial charge in [-0.05, 0) is 14.1 Å². The summed E-state index contributed by atoms with van der Waals surface area (Å²) >= 11 is 0. The quantitative estimate of drug-likeness (QED) is 0.634. The van der Waals surface area contributed by atoms with Crippen molar-refractivity contribution in [2.45, 2.75) is 88.4 Å². The average molecular weight is 356 g/mol. The van der Waals surface area contributed by atoms with Crippen LogP contribution < -0.4 is 10.6 Å². The minimum Gasteiger partial charge on any atom is -0.480 e. The Labute approximate surface area is 149 Å². The third kappa shape index (κ3) is 3.89. The maximum absolute atomic E-state index is 11.6. The molecule has 144 valence electrons. The Balaban J connectivity index is 0.000000165. The van der Waals surface area contributed by atoms with Crippen molar-refractivity contribution in [2.75, 3.05) is 14.1 Å². The third-order valence-electron chi connectivity index (χ3n) is 5.80. The molecule has 4 rings (SSSR count). The van der Waals surface area contributed by atoms with Crippen LogP contribution in [0.2, 0.25) is 0 Å². The number of rotatable bonds is 5. The molecule has 0 radical (unpaired) electrons. The van der Waals surface area contributed by atoms with E-state index in [9.17, 15) is 9.59 Å². The minimum absolute atomic E-state index is 0.207. The van der Waals surface area contributed by atoms with E-state index in [0.29, 0.717) is 37.3 Å². The van der Waals surface area contributed by atoms with Crippen LogP contribution in [-0.2, 0) is 19.1 Å². The molecule has 0 aromatic rings. The lowest BCUT2D eigenvalue weighted by atomic mass is 9.90. The molecule has 2 aliphatic heterocycles. The molecule has 4 aliphatic rings. The van der Waals surface area contributed by atoms with E-state index in [1.54, 1.807) is 7.05 Å². The van der Waals surface area contributed by atoms with E-state index in [2.05, 4.69) is 10.6 Å². The van der Waals surface area contributed by atoms with Crippen LogP contribution >= 0.6 is 0 Å². The zero-order valence-electron chi connectivity index (χ0n) is 15.9. The van der Waals surface area contributed by atoms with E-state index in [1.165, 1.54) is 0 Å². The fraction of sp³-hybridized carbons (Fsp3) is 0.889. The van der Waals surface area contributed by atoms with Gasteiger partial charge >= 0.3 is 5.97 Å². The summed E-state index contributed by atoms with van der Waals surface area (Å²) in [4.78, 5) is 22.4. The number of hydrogen-bond acceptors (Lipinski definition) is 6. The Morgan fingerprint density at radius 1 is 0.920 bits per heavy atom. The number of Topliss-reactive ketones (excluding diaryl/α,β-unsaturated/α-hetero) is 1. The standard InChI is InChI=1S/C9H15NO2.C7H11NO3.C2H6/c1-3-8(11)9(10-2)4-6-7(5-9)12-6;1-8-7(6(9)10)2-4-5(3-7)11-4;1-2/h6-7,10H,3-5H2,1-2H3;4-5,8H,2-3H2,1H3,(H,9,10);1-2H3. The molecule has 4 atom stereocenters. The van der Waals surface area contributed by atoms with Crippen LogP contribution in [0.4, 0.5) is 0 Å². The summed E-state index contributed by atoms with van der Waals surface area (Å²) in [5.41, 5.74) is -0.948. The Morgan fingerprint density at radius 2 is 1.28 bits per heavy atom. The Morgan fingerprint density at radius 3 is 1.52 bits per heavy atom. The van der Waals surface area contributed by atoms with Crippen LogP contribution in [0, 0.1) is 0 Å². The molecule has 4 fully saturated rings. The number of nitrogens with one attached hydrogen (secondary N) is 2. The second-order valence-corrected chi connectivity index (χ2v) is 6.99. The average Bonchev–Trinajstić information content (AvgIpc) is 3.49. The topological polar surface area (TPSA) is 103 Å². The van der Waals surface area contributed by atoms with Gasteiger partial charge in [-0.25, -0.2) is 0 Å². The number of epoxide rings is 2. The van der Waals surface area contributed by atoms with Crippen molar-refractivity contribution in [1.82, 2.24) is 10.6 Å². The van der Waals surface area contributed by atoms with Crippen LogP contribution in [0.1, 0.15) is 52.9 Å². The molecule has 0 aromatic heterocycles. The second kappa shape index (κ2) is 7.70. The van der Waals surface area contributed by atoms with Crippen LogP contribution in [0.15, 0.2) is 0 Å². The summed E-state index contributed by atoms with van der Waals surface area (Å²) in [7, 11) is 3.57. The van der Waals surface area contributed by atoms with Gasteiger partial charge in [0, 0.05) is 32.1 Å². The van der Waals surface area contributed by atoms with Crippen LogP contribution in [0.3, 0.4) is 0 Å². The number of carboxylic acids is 1. The van der Waals surface area contributed by atoms with Gasteiger partial charge in [0.25, 0.3) is 0 Å². The number of hydrogen-bond donors (Lipinski definition) is 3. The Kier molecular flexibility index (Phi) is 6.25. The van der Waals surface area contributed by atoms with Crippen molar-refractivity contribution in [3.63, 3.8) is 0 Å². The maximum Gasteiger partial charge on any atom is 0.324 e. The Bertz CT molecular complexity index is 490. The summed E-state index contributed by atoms with van der Waals surface area (Å²) in [5, 5.41) is 14.9. The van der Waals surface area contributed by atoms with E-state index in [1.807, 2.05) is 27.8 Å². The Hall–Kier alpha value is -1.02. The molecule has 4 unspecified atom stereocenters. The molecule has 0 spiro atoms. The van der Waals surface area contributed by atoms with E-state index in [4.69, 9.17) is 14.6 Å². The smallest absolute Gasteiger partial charge is 0.324 e. The SMILES string of the molecule is CC.CCC(=O)C1(NC)CC2OC2C1.CNC1(C(=O)O)CC2OC2C1. The van der Waals surface area contributed by atoms with Gasteiger partial charge in [0.15, 0.2) is 5.78 Å². The molecule has 2 saturated heterocycles. The van der Waals surface area contributed by atoms with Crippen molar-refractivity contribution >= 4 is 11.8 Å². The van der Waals surface area contributed by atoms with E-state index < -0.39 is 11.5 Å². The normalized spacial score (nSPS) is 42.1. The number of carboxylic acid groups (broad SMARTS) is 1. The fourth-order valence-corrected chi connectivity index (χ4v) is 4.01. The predicted octanol–water partition coefficient (Wildman–Crippen LogP) is 1.10. The molecule has 0 amide bonds. The lowest BCUT2D eigenvalue weighted by Gasteiger charge is -2.27. The first-order chi connectivity index (χ1) is 11.9. The molecule has 0 bridgehead atoms. The van der Waals surface area contributed by atoms with Crippen molar-refractivity contribution in [3.05, 3.63) is 0 Å². The summed E-state index contributed by atoms with van der Waals surface area (Å²) < 4.78 is 10.5. The summed E-state index contributed by atoms with van der Waals surface area (Å²) in [6, 6.07) is 0. The monoisotopic (exact) mass is 356 g/mol. The number of ketones is 1. The largest absolute Gasteiger partial charge is 0.480 e. The first kappa shape index (κ1) is 20.3. The van der Waals surface area contributed by atoms with Crippen molar-refractivity contribution in [2.24, 2.45) is 0 Å². The highest BCUT2D eigenvalue weighted by molar-refractivity contribution is 5.89. The van der Waals surface area contributed by atoms with E-state index >= 15 is 0 Å². The van der Waals surface area contributed by atoms with Gasteiger partial charge in [0.2, 0.25) is 0 Å². The van der Waals surface area contributed by atoms with Crippen LogP contribution in [0.5, 0.6) is 0 Å². The first-order valence-electron chi connectivity index (χ1n) is 9.35. The molecule has 2 aliphatic carbocycles. The van der Waals surface area contributed by atoms with Crippen molar-refractivity contribution < 1.29 is 24.2 Å². The van der Waals surface area contributed by atoms with Gasteiger partial charge < -0.3 is 25.2 Å². The third-order valence-corrected chi connectivity index (χ3v) is 5.80. The fourth-order valence-electron chi connectivity index (χ4n) is 4.01. The highest BCUT2D eigenvalue weighted by Crippen LogP contribution is 2.45. The molecule has 7 heteroatoms. The number of aliphatic carboxylic acids is 1. The van der Waals surface area contributed by atoms with Crippen LogP contribution in [-0.4, -0.2) is 66.4 Å². The van der Waals surface area contributed by atoms with Gasteiger partial charge in [0.05, 0.1) is 30.0 Å². The summed E-state index contributed by atoms with van der Waals surface area (Å²) in [5.74, 6) is -0.420. The van der Waals surface area contributed by atoms with Crippen LogP contribution in [0.25, 0.3) is 0 Å². The van der Waals surface area contributed by atoms with Gasteiger partial charge in [0.1, 0.15) is 5.54 Å². The second-order valence-electron chi connectivity index (χ2n) is 6.99. The molecule has 3 N–H and O–H groups in total. The lowest BCUT2D eigenvalue weighted by Crippen LogP contribution is -2.49. The number of likely N-dealkylation sites (N-methyl/N-ethyl adjacent to an activating group) is 2. The van der Waals surface area contributed by atoms with Gasteiger partial charge in [-0.15, -0.1) is 0 Å². The first-order valence-corrected chi connectivity index (χ1v) is 9.35. The van der Waals surface area contributed by atoms with Gasteiger partial charge in [-0.2, -0.15) is 0 Å². The summed E-state index contributed by atoms with van der Waals surface area (Å²) in [6.07, 6.45) is 4.76. The zero-order valence-corrected chi connectivity index (χ0v) is 15.9. The van der Waals surface area contributed by atoms with Gasteiger partial charge in [-0.3, -0.25) is 9.59 Å². The number of carbonyl (C=O) groups excluding carboxylic acids is 1. The molecular weight excluding hydrogens is 324 g/mol. The van der Waals surface area contributed by atoms with E-state index in [0.717, 1.165) is 12.8 Å². The molecule has 2 heterocycles. The van der Waals surface area contributed by atoms with E-state index in [-0.39, 0.29) is 17.7 Å². The number of fused-ring (bicyclic) bond motifs is 2. The predicted molar refractivity (Wildman–Crippen MR) is 93.7 cm³/mol. The molecule has 0 aromatic carbocycles. The molecular formula is C18H32N2O5. The number of carbonyl (C=O) groups is 2. The lowest BCUT2D eigenvalue weighted by molar-refractivity contribution is -0.145. The van der Waals surface area contributed by atoms with Crippen molar-refractivity contribution in [1.29, 1.82) is 0 Å². The summed E-state index contributed by atoms with van der Waals surface area (Å²) in [6.45, 7) is 5.92. The molecule has 2 saturated carbocycles. The molecule has 25 heavy (non-hydrogen) atoms. The maximum atomic E-state index is 11.6. The highest BCUT2D eigenvalue weighted by atomic mass is 16.6. The zero-order chi connectivity index (χ0) is 18.8. The highest BCUT2D eigenvalue weighted by Gasteiger charge is 2.59. The van der Waals surface area contributed by atoms with Crippen molar-refractivity contribution in [3.8, 4) is 0 Å². The molecule has 7 nitrogen and oxygen atoms in total.